The third kappa shape index (κ3) is 4.17. The average molecular weight is 505 g/mol. The molecule has 0 amide bonds. The highest BCUT2D eigenvalue weighted by Crippen LogP contribution is 2.53. The van der Waals surface area contributed by atoms with E-state index in [1.54, 1.807) is 6.20 Å². The summed E-state index contributed by atoms with van der Waals surface area (Å²) in [4.78, 5) is 21.4. The van der Waals surface area contributed by atoms with Gasteiger partial charge < -0.3 is 10.6 Å². The molecular formula is C27H29BrN4O. The van der Waals surface area contributed by atoms with E-state index >= 15 is 0 Å². The molecule has 170 valence electrons. The van der Waals surface area contributed by atoms with E-state index in [1.165, 1.54) is 12.0 Å². The molecule has 0 aliphatic heterocycles. The number of hydrogen-bond acceptors (Lipinski definition) is 5. The molecule has 1 saturated carbocycles. The molecule has 0 unspecified atom stereocenters. The molecule has 0 saturated heterocycles. The number of nitrogens with zero attached hydrogens (tertiary/aromatic N) is 2. The Labute approximate surface area is 203 Å². The van der Waals surface area contributed by atoms with Crippen molar-refractivity contribution < 1.29 is 4.79 Å². The number of pyridine rings is 2. The molecule has 2 N–H and O–H groups in total. The lowest BCUT2D eigenvalue weighted by molar-refractivity contribution is -0.127. The molecule has 2 aliphatic carbocycles. The van der Waals surface area contributed by atoms with E-state index < -0.39 is 0 Å². The van der Waals surface area contributed by atoms with Crippen molar-refractivity contribution in [1.82, 2.24) is 15.3 Å². The first-order chi connectivity index (χ1) is 16.1. The fraction of sp³-hybridized carbons (Fsp3) is 0.370. The zero-order valence-corrected chi connectivity index (χ0v) is 20.5. The summed E-state index contributed by atoms with van der Waals surface area (Å²) in [5, 5.41) is 9.29. The van der Waals surface area contributed by atoms with Crippen molar-refractivity contribution in [2.24, 2.45) is 5.41 Å². The molecule has 2 aromatic heterocycles. The molecule has 2 aliphatic rings. The van der Waals surface area contributed by atoms with E-state index in [-0.39, 0.29) is 5.41 Å². The summed E-state index contributed by atoms with van der Waals surface area (Å²) in [5.41, 5.74) is 3.17. The van der Waals surface area contributed by atoms with E-state index in [2.05, 4.69) is 67.7 Å². The van der Waals surface area contributed by atoms with Gasteiger partial charge in [-0.2, -0.15) is 0 Å². The summed E-state index contributed by atoms with van der Waals surface area (Å²) in [6.07, 6.45) is 12.9. The summed E-state index contributed by atoms with van der Waals surface area (Å²) in [7, 11) is 0. The molecule has 5 rings (SSSR count). The Hall–Kier alpha value is -2.73. The summed E-state index contributed by atoms with van der Waals surface area (Å²) in [6, 6.07) is 12.8. The fourth-order valence-corrected chi connectivity index (χ4v) is 6.05. The minimum absolute atomic E-state index is 0.251. The predicted molar refractivity (Wildman–Crippen MR) is 137 cm³/mol. The van der Waals surface area contributed by atoms with Gasteiger partial charge in [-0.1, -0.05) is 38.3 Å². The van der Waals surface area contributed by atoms with Crippen LogP contribution in [-0.4, -0.2) is 21.8 Å². The average Bonchev–Trinajstić information content (AvgIpc) is 2.87. The molecule has 1 aromatic carbocycles. The van der Waals surface area contributed by atoms with Crippen molar-refractivity contribution in [2.45, 2.75) is 57.9 Å². The Morgan fingerprint density at radius 3 is 2.58 bits per heavy atom. The third-order valence-electron chi connectivity index (χ3n) is 7.15. The van der Waals surface area contributed by atoms with Crippen LogP contribution in [0.4, 0.5) is 11.5 Å². The number of ketones is 1. The van der Waals surface area contributed by atoms with Gasteiger partial charge >= 0.3 is 0 Å². The Balaban J connectivity index is 1.27. The van der Waals surface area contributed by atoms with Gasteiger partial charge in [0.25, 0.3) is 0 Å². The first-order valence-electron chi connectivity index (χ1n) is 11.9. The number of hydrogen-bond donors (Lipinski definition) is 2. The molecule has 6 heteroatoms. The van der Waals surface area contributed by atoms with Gasteiger partial charge in [-0.25, -0.2) is 4.98 Å². The van der Waals surface area contributed by atoms with Gasteiger partial charge in [0.05, 0.1) is 9.90 Å². The smallest absolute Gasteiger partial charge is 0.183 e. The predicted octanol–water partition coefficient (Wildman–Crippen LogP) is 6.42. The van der Waals surface area contributed by atoms with Crippen LogP contribution in [0.15, 0.2) is 65.2 Å². The van der Waals surface area contributed by atoms with Crippen LogP contribution in [-0.2, 0) is 11.2 Å². The van der Waals surface area contributed by atoms with Crippen LogP contribution in [0.25, 0.3) is 10.8 Å². The van der Waals surface area contributed by atoms with Crippen molar-refractivity contribution in [2.75, 3.05) is 5.32 Å². The van der Waals surface area contributed by atoms with Crippen molar-refractivity contribution >= 4 is 44.0 Å². The number of benzene rings is 1. The van der Waals surface area contributed by atoms with Crippen LogP contribution in [0.1, 0.15) is 51.0 Å². The second-order valence-electron chi connectivity index (χ2n) is 9.19. The van der Waals surface area contributed by atoms with Gasteiger partial charge in [-0.05, 0) is 76.8 Å². The first kappa shape index (κ1) is 22.1. The minimum Gasteiger partial charge on any atom is -0.383 e. The molecular weight excluding hydrogens is 476 g/mol. The number of allylic oxidation sites excluding steroid dienone is 2. The maximum absolute atomic E-state index is 12.7. The SMILES string of the molecule is CC[C@H](Cc1ccc(Nc2nccc3ccncc23)cc1)NC1=C(Br)C(=O)C12CCCCC2. The fourth-order valence-electron chi connectivity index (χ4n) is 5.18. The van der Waals surface area contributed by atoms with E-state index in [9.17, 15) is 4.79 Å². The molecule has 3 aromatic rings. The Morgan fingerprint density at radius 2 is 1.82 bits per heavy atom. The number of aromatic nitrogens is 2. The molecule has 33 heavy (non-hydrogen) atoms. The maximum Gasteiger partial charge on any atom is 0.183 e. The molecule has 5 nitrogen and oxygen atoms in total. The number of Topliss-reactive ketones (excluding diaryl/α,β-unsaturated/α-hetero) is 1. The summed E-state index contributed by atoms with van der Waals surface area (Å²) in [5.74, 6) is 1.11. The number of fused-ring (bicyclic) bond motifs is 1. The lowest BCUT2D eigenvalue weighted by Crippen LogP contribution is -2.51. The van der Waals surface area contributed by atoms with Crippen molar-refractivity contribution in [3.63, 3.8) is 0 Å². The van der Waals surface area contributed by atoms with Gasteiger partial charge in [0, 0.05) is 41.4 Å². The maximum atomic E-state index is 12.7. The van der Waals surface area contributed by atoms with Crippen molar-refractivity contribution in [3.8, 4) is 0 Å². The van der Waals surface area contributed by atoms with E-state index in [4.69, 9.17) is 0 Å². The van der Waals surface area contributed by atoms with E-state index in [0.29, 0.717) is 11.8 Å². The second-order valence-corrected chi connectivity index (χ2v) is 9.99. The third-order valence-corrected chi connectivity index (χ3v) is 7.90. The minimum atomic E-state index is -0.251. The zero-order valence-electron chi connectivity index (χ0n) is 18.9. The molecule has 2 heterocycles. The molecule has 0 radical (unpaired) electrons. The van der Waals surface area contributed by atoms with Crippen molar-refractivity contribution in [1.29, 1.82) is 0 Å². The number of carbonyl (C=O) groups excluding carboxylic acids is 1. The molecule has 1 fully saturated rings. The van der Waals surface area contributed by atoms with Crippen molar-refractivity contribution in [3.05, 3.63) is 70.7 Å². The van der Waals surface area contributed by atoms with Crippen LogP contribution in [0.5, 0.6) is 0 Å². The largest absolute Gasteiger partial charge is 0.383 e. The van der Waals surface area contributed by atoms with Gasteiger partial charge in [0.2, 0.25) is 0 Å². The Kier molecular flexibility index (Phi) is 6.19. The monoisotopic (exact) mass is 504 g/mol. The number of carbonyl (C=O) groups is 1. The van der Waals surface area contributed by atoms with Crippen LogP contribution >= 0.6 is 15.9 Å². The summed E-state index contributed by atoms with van der Waals surface area (Å²) < 4.78 is 0.763. The van der Waals surface area contributed by atoms with Crippen LogP contribution in [0.2, 0.25) is 0 Å². The highest BCUT2D eigenvalue weighted by Gasteiger charge is 2.53. The lowest BCUT2D eigenvalue weighted by atomic mass is 9.62. The highest BCUT2D eigenvalue weighted by atomic mass is 79.9. The van der Waals surface area contributed by atoms with Crippen LogP contribution < -0.4 is 10.6 Å². The quantitative estimate of drug-likeness (QED) is 0.388. The Bertz CT molecular complexity index is 1190. The van der Waals surface area contributed by atoms with Crippen LogP contribution in [0.3, 0.4) is 0 Å². The second kappa shape index (κ2) is 9.26. The number of halogens is 1. The van der Waals surface area contributed by atoms with Gasteiger partial charge in [-0.3, -0.25) is 9.78 Å². The molecule has 1 spiro atoms. The number of nitrogens with one attached hydrogen (secondary N) is 2. The summed E-state index contributed by atoms with van der Waals surface area (Å²) >= 11 is 3.55. The normalized spacial score (nSPS) is 18.3. The zero-order chi connectivity index (χ0) is 22.8. The number of rotatable bonds is 7. The molecule has 1 atom stereocenters. The Morgan fingerprint density at radius 1 is 1.06 bits per heavy atom. The van der Waals surface area contributed by atoms with Gasteiger partial charge in [0.1, 0.15) is 5.82 Å². The standard InChI is InChI=1S/C27H29BrN4O/c1-2-20(31-24-23(28)25(33)27(24)12-4-3-5-13-27)16-18-6-8-21(9-7-18)32-26-22-17-29-14-10-19(22)11-15-30-26/h6-11,14-15,17,20,31H,2-5,12-13,16H2,1H3,(H,30,32)/t20-/m1/s1. The number of anilines is 2. The topological polar surface area (TPSA) is 66.9 Å². The van der Waals surface area contributed by atoms with Gasteiger partial charge in [-0.15, -0.1) is 0 Å². The van der Waals surface area contributed by atoms with E-state index in [1.807, 2.05) is 24.5 Å². The lowest BCUT2D eigenvalue weighted by Gasteiger charge is -2.46. The summed E-state index contributed by atoms with van der Waals surface area (Å²) in [6.45, 7) is 2.20. The molecule has 0 bridgehead atoms. The van der Waals surface area contributed by atoms with E-state index in [0.717, 1.165) is 71.0 Å². The first-order valence-corrected chi connectivity index (χ1v) is 12.7. The van der Waals surface area contributed by atoms with Gasteiger partial charge in [0.15, 0.2) is 5.78 Å². The van der Waals surface area contributed by atoms with Crippen LogP contribution in [0, 0.1) is 5.41 Å². The highest BCUT2D eigenvalue weighted by molar-refractivity contribution is 9.12.